The summed E-state index contributed by atoms with van der Waals surface area (Å²) in [4.78, 5) is 14.3. The van der Waals surface area contributed by atoms with Gasteiger partial charge in [0, 0.05) is 44.1 Å². The fourth-order valence-electron chi connectivity index (χ4n) is 5.22. The number of hydrogen-bond acceptors (Lipinski definition) is 3. The predicted molar refractivity (Wildman–Crippen MR) is 100 cm³/mol. The highest BCUT2D eigenvalue weighted by molar-refractivity contribution is 5.92. The van der Waals surface area contributed by atoms with E-state index in [1.54, 1.807) is 6.07 Å². The van der Waals surface area contributed by atoms with Gasteiger partial charge in [0.15, 0.2) is 0 Å². The van der Waals surface area contributed by atoms with Crippen molar-refractivity contribution in [3.8, 4) is 0 Å². The number of hydrogen-bond donors (Lipinski definition) is 1. The van der Waals surface area contributed by atoms with Gasteiger partial charge in [-0.1, -0.05) is 38.8 Å². The Labute approximate surface area is 151 Å². The Morgan fingerprint density at radius 3 is 2.44 bits per heavy atom. The Hall–Kier alpha value is -1.39. The summed E-state index contributed by atoms with van der Waals surface area (Å²) in [6.07, 6.45) is 4.88. The first-order chi connectivity index (χ1) is 12.0. The van der Waals surface area contributed by atoms with E-state index in [1.807, 2.05) is 19.2 Å². The molecule has 1 saturated heterocycles. The lowest BCUT2D eigenvalue weighted by atomic mass is 9.74. The van der Waals surface area contributed by atoms with Crippen LogP contribution < -0.4 is 5.73 Å². The number of benzene rings is 1. The number of piperidine rings is 1. The van der Waals surface area contributed by atoms with E-state index < -0.39 is 0 Å². The summed E-state index contributed by atoms with van der Waals surface area (Å²) in [5.41, 5.74) is 6.94. The molecule has 1 aliphatic heterocycles. The highest BCUT2D eigenvalue weighted by Gasteiger charge is 2.55. The van der Waals surface area contributed by atoms with Crippen molar-refractivity contribution in [1.29, 1.82) is 0 Å². The molecule has 1 saturated carbocycles. The second-order valence-electron chi connectivity index (χ2n) is 7.81. The Bertz CT molecular complexity index is 598. The molecule has 2 bridgehead atoms. The molecule has 138 valence electrons. The van der Waals surface area contributed by atoms with Gasteiger partial charge in [-0.3, -0.25) is 4.79 Å². The molecule has 1 aromatic carbocycles. The monoisotopic (exact) mass is 344 g/mol. The van der Waals surface area contributed by atoms with Crippen LogP contribution in [0.2, 0.25) is 0 Å². The number of methoxy groups -OCH3 is 1. The zero-order valence-electron chi connectivity index (χ0n) is 15.8. The maximum Gasteiger partial charge on any atom is 0.248 e. The lowest BCUT2D eigenvalue weighted by Crippen LogP contribution is -2.53. The lowest BCUT2D eigenvalue weighted by molar-refractivity contribution is -0.120. The molecule has 0 aromatic heterocycles. The Balaban J connectivity index is 1.86. The van der Waals surface area contributed by atoms with Crippen LogP contribution in [-0.2, 0) is 10.3 Å². The molecule has 2 N–H and O–H groups in total. The molecule has 2 atom stereocenters. The van der Waals surface area contributed by atoms with E-state index in [1.165, 1.54) is 32.2 Å². The van der Waals surface area contributed by atoms with Crippen molar-refractivity contribution in [3.63, 3.8) is 0 Å². The van der Waals surface area contributed by atoms with E-state index in [9.17, 15) is 4.79 Å². The van der Waals surface area contributed by atoms with Crippen molar-refractivity contribution in [2.24, 2.45) is 23.5 Å². The van der Waals surface area contributed by atoms with Gasteiger partial charge in [0.05, 0.1) is 0 Å². The molecule has 2 aliphatic rings. The van der Waals surface area contributed by atoms with Crippen LogP contribution in [0.1, 0.15) is 55.5 Å². The van der Waals surface area contributed by atoms with Gasteiger partial charge in [-0.25, -0.2) is 0 Å². The van der Waals surface area contributed by atoms with E-state index in [4.69, 9.17) is 10.5 Å². The molecule has 0 radical (unpaired) electrons. The average molecular weight is 344 g/mol. The summed E-state index contributed by atoms with van der Waals surface area (Å²) in [6, 6.07) is 7.79. The van der Waals surface area contributed by atoms with E-state index in [0.29, 0.717) is 17.4 Å². The minimum absolute atomic E-state index is 0.268. The van der Waals surface area contributed by atoms with Crippen molar-refractivity contribution < 1.29 is 9.53 Å². The van der Waals surface area contributed by atoms with Gasteiger partial charge in [-0.2, -0.15) is 0 Å². The zero-order valence-corrected chi connectivity index (χ0v) is 15.8. The number of likely N-dealkylation sites (tertiary alicyclic amines) is 1. The Morgan fingerprint density at radius 1 is 1.28 bits per heavy atom. The maximum atomic E-state index is 11.6. The first kappa shape index (κ1) is 18.4. The van der Waals surface area contributed by atoms with E-state index >= 15 is 0 Å². The largest absolute Gasteiger partial charge is 0.373 e. The molecule has 3 rings (SSSR count). The number of nitrogens with two attached hydrogens (primary N) is 1. The molecule has 2 unspecified atom stereocenters. The molecular formula is C21H32N2O2. The van der Waals surface area contributed by atoms with Crippen LogP contribution in [0.3, 0.4) is 0 Å². The Kier molecular flexibility index (Phi) is 5.49. The first-order valence-corrected chi connectivity index (χ1v) is 9.72. The predicted octanol–water partition coefficient (Wildman–Crippen LogP) is 3.41. The van der Waals surface area contributed by atoms with Crippen LogP contribution in [0.15, 0.2) is 24.3 Å². The van der Waals surface area contributed by atoms with E-state index in [0.717, 1.165) is 24.6 Å². The minimum Gasteiger partial charge on any atom is -0.373 e. The third-order valence-corrected chi connectivity index (χ3v) is 6.64. The quantitative estimate of drug-likeness (QED) is 0.825. The fraction of sp³-hybridized carbons (Fsp3) is 0.667. The van der Waals surface area contributed by atoms with Gasteiger partial charge in [-0.15, -0.1) is 0 Å². The molecule has 1 aliphatic carbocycles. The second kappa shape index (κ2) is 7.46. The topological polar surface area (TPSA) is 55.6 Å². The standard InChI is InChI=1S/C21H32N2O2/c1-4-15(5-2)12-23-13-18-9-10-19(14-23)21(18,25-3)17-8-6-7-16(11-17)20(22)24/h6-8,11,15,18-19H,4-5,9-10,12-14H2,1-3H3,(H2,22,24). The van der Waals surface area contributed by atoms with Crippen molar-refractivity contribution >= 4 is 5.91 Å². The summed E-state index contributed by atoms with van der Waals surface area (Å²) >= 11 is 0. The number of carbonyl (C=O) groups is 1. The molecule has 0 spiro atoms. The number of ether oxygens (including phenoxy) is 1. The summed E-state index contributed by atoms with van der Waals surface area (Å²) in [7, 11) is 1.83. The zero-order chi connectivity index (χ0) is 18.0. The van der Waals surface area contributed by atoms with Crippen molar-refractivity contribution in [3.05, 3.63) is 35.4 Å². The molecule has 1 aromatic rings. The van der Waals surface area contributed by atoms with Gasteiger partial charge in [-0.05, 0) is 36.5 Å². The van der Waals surface area contributed by atoms with Crippen LogP contribution in [0.5, 0.6) is 0 Å². The molecule has 1 amide bonds. The number of amides is 1. The smallest absolute Gasteiger partial charge is 0.248 e. The van der Waals surface area contributed by atoms with Crippen molar-refractivity contribution in [2.45, 2.75) is 45.1 Å². The maximum absolute atomic E-state index is 11.6. The number of carbonyl (C=O) groups excluding carboxylic acids is 1. The lowest BCUT2D eigenvalue weighted by Gasteiger charge is -2.48. The third kappa shape index (κ3) is 3.22. The van der Waals surface area contributed by atoms with E-state index in [-0.39, 0.29) is 11.5 Å². The molecule has 1 heterocycles. The second-order valence-corrected chi connectivity index (χ2v) is 7.81. The van der Waals surface area contributed by atoms with Gasteiger partial charge < -0.3 is 15.4 Å². The molecule has 2 fully saturated rings. The minimum atomic E-state index is -0.369. The molecule has 4 nitrogen and oxygen atoms in total. The Morgan fingerprint density at radius 2 is 1.92 bits per heavy atom. The van der Waals surface area contributed by atoms with Gasteiger partial charge >= 0.3 is 0 Å². The number of primary amides is 1. The van der Waals surface area contributed by atoms with Gasteiger partial charge in [0.25, 0.3) is 0 Å². The normalized spacial score (nSPS) is 29.3. The van der Waals surface area contributed by atoms with Crippen LogP contribution in [-0.4, -0.2) is 37.6 Å². The summed E-state index contributed by atoms with van der Waals surface area (Å²) in [5.74, 6) is 1.38. The molecular weight excluding hydrogens is 312 g/mol. The highest BCUT2D eigenvalue weighted by Crippen LogP contribution is 2.53. The molecule has 25 heavy (non-hydrogen) atoms. The summed E-state index contributed by atoms with van der Waals surface area (Å²) in [6.45, 7) is 7.95. The van der Waals surface area contributed by atoms with Crippen molar-refractivity contribution in [2.75, 3.05) is 26.7 Å². The number of rotatable bonds is 7. The summed E-state index contributed by atoms with van der Waals surface area (Å²) < 4.78 is 6.21. The highest BCUT2D eigenvalue weighted by atomic mass is 16.5. The fourth-order valence-corrected chi connectivity index (χ4v) is 5.22. The number of nitrogens with zero attached hydrogens (tertiary/aromatic N) is 1. The van der Waals surface area contributed by atoms with Crippen LogP contribution >= 0.6 is 0 Å². The van der Waals surface area contributed by atoms with Crippen LogP contribution in [0.4, 0.5) is 0 Å². The SMILES string of the molecule is CCC(CC)CN1CC2CCC(C1)C2(OC)c1cccc(C(N)=O)c1. The first-order valence-electron chi connectivity index (χ1n) is 9.72. The van der Waals surface area contributed by atoms with E-state index in [2.05, 4.69) is 24.8 Å². The number of fused-ring (bicyclic) bond motifs is 2. The van der Waals surface area contributed by atoms with Gasteiger partial charge in [0.1, 0.15) is 5.60 Å². The summed E-state index contributed by atoms with van der Waals surface area (Å²) in [5, 5.41) is 0. The van der Waals surface area contributed by atoms with Crippen LogP contribution in [0, 0.1) is 17.8 Å². The molecule has 4 heteroatoms. The van der Waals surface area contributed by atoms with Crippen LogP contribution in [0.25, 0.3) is 0 Å². The van der Waals surface area contributed by atoms with Gasteiger partial charge in [0.2, 0.25) is 5.91 Å². The van der Waals surface area contributed by atoms with Crippen molar-refractivity contribution in [1.82, 2.24) is 4.90 Å². The average Bonchev–Trinajstić information content (AvgIpc) is 2.83. The third-order valence-electron chi connectivity index (χ3n) is 6.64.